The molecule has 0 spiro atoms. The van der Waals surface area contributed by atoms with Crippen LogP contribution in [0.1, 0.15) is 31.7 Å². The zero-order valence-corrected chi connectivity index (χ0v) is 9.84. The Morgan fingerprint density at radius 3 is 2.21 bits per heavy atom. The minimum absolute atomic E-state index is 0.108. The standard InChI is InChI=1S/C11H15BrO2/c1-2-3-4-5-8-6-9(13)11(12)10(14)7-8/h6-7,13-14H,2-5H2,1H3. The first-order valence-corrected chi connectivity index (χ1v) is 5.64. The molecule has 1 rings (SSSR count). The highest BCUT2D eigenvalue weighted by molar-refractivity contribution is 9.10. The molecule has 0 saturated carbocycles. The molecule has 0 aliphatic carbocycles. The van der Waals surface area contributed by atoms with E-state index in [1.807, 2.05) is 0 Å². The molecule has 0 aliphatic rings. The summed E-state index contributed by atoms with van der Waals surface area (Å²) in [6, 6.07) is 3.39. The molecule has 0 unspecified atom stereocenters. The van der Waals surface area contributed by atoms with Gasteiger partial charge < -0.3 is 10.2 Å². The van der Waals surface area contributed by atoms with Gasteiger partial charge in [0.25, 0.3) is 0 Å². The van der Waals surface area contributed by atoms with Crippen LogP contribution in [-0.2, 0) is 6.42 Å². The van der Waals surface area contributed by atoms with Crippen molar-refractivity contribution in [2.75, 3.05) is 0 Å². The summed E-state index contributed by atoms with van der Waals surface area (Å²) in [5.41, 5.74) is 0.983. The maximum absolute atomic E-state index is 9.43. The molecule has 14 heavy (non-hydrogen) atoms. The normalized spacial score (nSPS) is 10.4. The Labute approximate surface area is 92.7 Å². The zero-order chi connectivity index (χ0) is 10.6. The fraction of sp³-hybridized carbons (Fsp3) is 0.455. The van der Waals surface area contributed by atoms with E-state index < -0.39 is 0 Å². The van der Waals surface area contributed by atoms with Crippen molar-refractivity contribution in [3.63, 3.8) is 0 Å². The summed E-state index contributed by atoms with van der Waals surface area (Å²) in [6.45, 7) is 2.15. The molecule has 2 nitrogen and oxygen atoms in total. The molecule has 0 fully saturated rings. The lowest BCUT2D eigenvalue weighted by molar-refractivity contribution is 0.443. The summed E-state index contributed by atoms with van der Waals surface area (Å²) in [4.78, 5) is 0. The molecular weight excluding hydrogens is 244 g/mol. The smallest absolute Gasteiger partial charge is 0.133 e. The third-order valence-electron chi connectivity index (χ3n) is 2.16. The molecule has 3 heteroatoms. The van der Waals surface area contributed by atoms with Crippen LogP contribution in [0.25, 0.3) is 0 Å². The monoisotopic (exact) mass is 258 g/mol. The molecule has 0 saturated heterocycles. The Balaban J connectivity index is 2.69. The average molecular weight is 259 g/mol. The Morgan fingerprint density at radius 2 is 1.71 bits per heavy atom. The van der Waals surface area contributed by atoms with E-state index in [1.165, 1.54) is 12.8 Å². The number of hydrogen-bond donors (Lipinski definition) is 2. The van der Waals surface area contributed by atoms with E-state index in [2.05, 4.69) is 22.9 Å². The highest BCUT2D eigenvalue weighted by atomic mass is 79.9. The lowest BCUT2D eigenvalue weighted by Crippen LogP contribution is -1.86. The molecule has 0 aromatic heterocycles. The van der Waals surface area contributed by atoms with Gasteiger partial charge >= 0.3 is 0 Å². The molecule has 0 bridgehead atoms. The van der Waals surface area contributed by atoms with Gasteiger partial charge in [-0.05, 0) is 46.5 Å². The Bertz CT molecular complexity index is 287. The van der Waals surface area contributed by atoms with Crippen molar-refractivity contribution in [2.45, 2.75) is 32.6 Å². The molecule has 0 heterocycles. The van der Waals surface area contributed by atoms with Crippen molar-refractivity contribution in [3.05, 3.63) is 22.2 Å². The summed E-state index contributed by atoms with van der Waals surface area (Å²) in [5, 5.41) is 18.9. The second-order valence-corrected chi connectivity index (χ2v) is 4.20. The highest BCUT2D eigenvalue weighted by Crippen LogP contribution is 2.34. The van der Waals surface area contributed by atoms with Crippen molar-refractivity contribution in [2.24, 2.45) is 0 Å². The predicted octanol–water partition coefficient (Wildman–Crippen LogP) is 3.59. The predicted molar refractivity (Wildman–Crippen MR) is 60.7 cm³/mol. The first-order chi connectivity index (χ1) is 6.65. The first-order valence-electron chi connectivity index (χ1n) is 4.85. The van der Waals surface area contributed by atoms with Gasteiger partial charge in [0.2, 0.25) is 0 Å². The van der Waals surface area contributed by atoms with Gasteiger partial charge in [-0.15, -0.1) is 0 Å². The lowest BCUT2D eigenvalue weighted by Gasteiger charge is -2.05. The number of hydrogen-bond acceptors (Lipinski definition) is 2. The van der Waals surface area contributed by atoms with Crippen molar-refractivity contribution < 1.29 is 10.2 Å². The van der Waals surface area contributed by atoms with E-state index in [0.717, 1.165) is 18.4 Å². The SMILES string of the molecule is CCCCCc1cc(O)c(Br)c(O)c1. The van der Waals surface area contributed by atoms with Gasteiger partial charge in [-0.1, -0.05) is 19.8 Å². The van der Waals surface area contributed by atoms with Crippen LogP contribution in [0.5, 0.6) is 11.5 Å². The van der Waals surface area contributed by atoms with Crippen LogP contribution in [-0.4, -0.2) is 10.2 Å². The maximum Gasteiger partial charge on any atom is 0.133 e. The molecule has 0 radical (unpaired) electrons. The van der Waals surface area contributed by atoms with Gasteiger partial charge in [-0.25, -0.2) is 0 Å². The minimum Gasteiger partial charge on any atom is -0.507 e. The second-order valence-electron chi connectivity index (χ2n) is 3.41. The Hall–Kier alpha value is -0.700. The van der Waals surface area contributed by atoms with Crippen molar-refractivity contribution in [3.8, 4) is 11.5 Å². The van der Waals surface area contributed by atoms with Crippen LogP contribution in [0, 0.1) is 0 Å². The Morgan fingerprint density at radius 1 is 1.14 bits per heavy atom. The quantitative estimate of drug-likeness (QED) is 0.811. The summed E-state index contributed by atoms with van der Waals surface area (Å²) in [5.74, 6) is 0.216. The number of benzene rings is 1. The van der Waals surface area contributed by atoms with Gasteiger partial charge in [0, 0.05) is 0 Å². The van der Waals surface area contributed by atoms with E-state index in [9.17, 15) is 10.2 Å². The van der Waals surface area contributed by atoms with Crippen LogP contribution in [0.4, 0.5) is 0 Å². The van der Waals surface area contributed by atoms with Gasteiger partial charge in [-0.3, -0.25) is 0 Å². The largest absolute Gasteiger partial charge is 0.507 e. The van der Waals surface area contributed by atoms with Crippen LogP contribution >= 0.6 is 15.9 Å². The summed E-state index contributed by atoms with van der Waals surface area (Å²) < 4.78 is 0.372. The second kappa shape index (κ2) is 5.25. The number of unbranched alkanes of at least 4 members (excludes halogenated alkanes) is 2. The van der Waals surface area contributed by atoms with Gasteiger partial charge in [-0.2, -0.15) is 0 Å². The van der Waals surface area contributed by atoms with E-state index >= 15 is 0 Å². The van der Waals surface area contributed by atoms with Crippen molar-refractivity contribution >= 4 is 15.9 Å². The molecule has 1 aromatic rings. The number of aryl methyl sites for hydroxylation is 1. The molecule has 78 valence electrons. The van der Waals surface area contributed by atoms with Crippen molar-refractivity contribution in [1.29, 1.82) is 0 Å². The fourth-order valence-corrected chi connectivity index (χ4v) is 1.60. The number of rotatable bonds is 4. The maximum atomic E-state index is 9.43. The van der Waals surface area contributed by atoms with Gasteiger partial charge in [0.1, 0.15) is 16.0 Å². The van der Waals surface area contributed by atoms with Crippen LogP contribution in [0.2, 0.25) is 0 Å². The molecule has 0 aliphatic heterocycles. The van der Waals surface area contributed by atoms with Gasteiger partial charge in [0.15, 0.2) is 0 Å². The summed E-state index contributed by atoms with van der Waals surface area (Å²) in [7, 11) is 0. The molecule has 1 aromatic carbocycles. The topological polar surface area (TPSA) is 40.5 Å². The van der Waals surface area contributed by atoms with Crippen LogP contribution in [0.15, 0.2) is 16.6 Å². The fourth-order valence-electron chi connectivity index (χ4n) is 1.37. The van der Waals surface area contributed by atoms with E-state index in [1.54, 1.807) is 12.1 Å². The summed E-state index contributed by atoms with van der Waals surface area (Å²) >= 11 is 3.10. The third-order valence-corrected chi connectivity index (χ3v) is 2.98. The Kier molecular flexibility index (Phi) is 4.26. The van der Waals surface area contributed by atoms with Crippen LogP contribution < -0.4 is 0 Å². The number of phenolic OH excluding ortho intramolecular Hbond substituents is 2. The molecule has 0 amide bonds. The molecule has 0 atom stereocenters. The highest BCUT2D eigenvalue weighted by Gasteiger charge is 2.06. The van der Waals surface area contributed by atoms with Crippen molar-refractivity contribution in [1.82, 2.24) is 0 Å². The molecular formula is C11H15BrO2. The first kappa shape index (κ1) is 11.4. The minimum atomic E-state index is 0.108. The lowest BCUT2D eigenvalue weighted by atomic mass is 10.1. The van der Waals surface area contributed by atoms with E-state index in [0.29, 0.717) is 4.47 Å². The number of aromatic hydroxyl groups is 2. The van der Waals surface area contributed by atoms with Gasteiger partial charge in [0.05, 0.1) is 0 Å². The van der Waals surface area contributed by atoms with Crippen LogP contribution in [0.3, 0.4) is 0 Å². The molecule has 2 N–H and O–H groups in total. The third kappa shape index (κ3) is 2.91. The van der Waals surface area contributed by atoms with E-state index in [4.69, 9.17) is 0 Å². The average Bonchev–Trinajstić information content (AvgIpc) is 2.14. The zero-order valence-electron chi connectivity index (χ0n) is 8.26. The number of halogens is 1. The summed E-state index contributed by atoms with van der Waals surface area (Å²) in [6.07, 6.45) is 4.35. The van der Waals surface area contributed by atoms with E-state index in [-0.39, 0.29) is 11.5 Å². The number of phenols is 2.